The Morgan fingerprint density at radius 2 is 1.55 bits per heavy atom. The van der Waals surface area contributed by atoms with E-state index in [0.29, 0.717) is 10.7 Å². The summed E-state index contributed by atoms with van der Waals surface area (Å²) < 4.78 is 28.1. The van der Waals surface area contributed by atoms with Crippen LogP contribution in [0.25, 0.3) is 0 Å². The Bertz CT molecular complexity index is 1070. The molecule has 0 fully saturated rings. The molecule has 7 heteroatoms. The van der Waals surface area contributed by atoms with Gasteiger partial charge < -0.3 is 5.32 Å². The molecule has 3 rings (SSSR count). The van der Waals surface area contributed by atoms with Crippen LogP contribution in [0.1, 0.15) is 11.1 Å². The van der Waals surface area contributed by atoms with Crippen molar-refractivity contribution in [3.63, 3.8) is 0 Å². The Hall–Kier alpha value is -2.67. The fourth-order valence-corrected chi connectivity index (χ4v) is 4.09. The molecule has 0 saturated carbocycles. The number of benzene rings is 3. The van der Waals surface area contributed by atoms with Crippen molar-refractivity contribution in [3.8, 4) is 0 Å². The van der Waals surface area contributed by atoms with Crippen LogP contribution in [0, 0.1) is 6.92 Å². The van der Waals surface area contributed by atoms with Crippen molar-refractivity contribution in [2.75, 3.05) is 5.32 Å². The maximum Gasteiger partial charge on any atom is 0.242 e. The van der Waals surface area contributed by atoms with Gasteiger partial charge in [-0.1, -0.05) is 59.6 Å². The van der Waals surface area contributed by atoms with Gasteiger partial charge >= 0.3 is 0 Å². The molecule has 0 bridgehead atoms. The average molecular weight is 429 g/mol. The Labute approximate surface area is 175 Å². The second-order valence-corrected chi connectivity index (χ2v) is 8.82. The Morgan fingerprint density at radius 3 is 2.17 bits per heavy atom. The van der Waals surface area contributed by atoms with Crippen molar-refractivity contribution in [1.29, 1.82) is 0 Å². The van der Waals surface area contributed by atoms with Gasteiger partial charge in [-0.25, -0.2) is 8.42 Å². The molecular formula is C22H21ClN2O3S. The lowest BCUT2D eigenvalue weighted by Crippen LogP contribution is -2.45. The van der Waals surface area contributed by atoms with Gasteiger partial charge in [0.25, 0.3) is 0 Å². The van der Waals surface area contributed by atoms with Crippen LogP contribution in [-0.4, -0.2) is 20.4 Å². The van der Waals surface area contributed by atoms with E-state index < -0.39 is 22.0 Å². The normalized spacial score (nSPS) is 12.3. The van der Waals surface area contributed by atoms with E-state index in [1.165, 1.54) is 24.3 Å². The molecule has 0 spiro atoms. The van der Waals surface area contributed by atoms with Gasteiger partial charge in [-0.05, 0) is 55.3 Å². The van der Waals surface area contributed by atoms with E-state index in [-0.39, 0.29) is 11.3 Å². The molecule has 3 aromatic rings. The number of carbonyl (C=O) groups excluding carboxylic acids is 1. The molecular weight excluding hydrogens is 408 g/mol. The third-order valence-corrected chi connectivity index (χ3v) is 6.08. The smallest absolute Gasteiger partial charge is 0.242 e. The molecule has 5 nitrogen and oxygen atoms in total. The topological polar surface area (TPSA) is 75.3 Å². The second-order valence-electron chi connectivity index (χ2n) is 6.67. The monoisotopic (exact) mass is 428 g/mol. The highest BCUT2D eigenvalue weighted by molar-refractivity contribution is 7.89. The Balaban J connectivity index is 1.84. The maximum absolute atomic E-state index is 12.9. The summed E-state index contributed by atoms with van der Waals surface area (Å²) in [5.41, 5.74) is 2.51. The van der Waals surface area contributed by atoms with Crippen molar-refractivity contribution < 1.29 is 13.2 Å². The molecule has 0 aliphatic carbocycles. The minimum atomic E-state index is -3.91. The Morgan fingerprint density at radius 1 is 0.931 bits per heavy atom. The molecule has 1 unspecified atom stereocenters. The van der Waals surface area contributed by atoms with Crippen LogP contribution in [0.5, 0.6) is 0 Å². The van der Waals surface area contributed by atoms with Crippen LogP contribution < -0.4 is 10.0 Å². The summed E-state index contributed by atoms with van der Waals surface area (Å²) in [5, 5.41) is 3.22. The van der Waals surface area contributed by atoms with Crippen molar-refractivity contribution in [2.24, 2.45) is 0 Å². The molecule has 0 aromatic heterocycles. The highest BCUT2D eigenvalue weighted by Crippen LogP contribution is 2.16. The molecule has 3 aromatic carbocycles. The van der Waals surface area contributed by atoms with E-state index in [1.807, 2.05) is 49.4 Å². The number of hydrogen-bond donors (Lipinski definition) is 2. The number of amides is 1. The Kier molecular flexibility index (Phi) is 6.69. The molecule has 2 N–H and O–H groups in total. The van der Waals surface area contributed by atoms with E-state index in [1.54, 1.807) is 12.1 Å². The summed E-state index contributed by atoms with van der Waals surface area (Å²) in [4.78, 5) is 13.0. The quantitative estimate of drug-likeness (QED) is 0.592. The lowest BCUT2D eigenvalue weighted by molar-refractivity contribution is -0.117. The minimum absolute atomic E-state index is 0.0445. The molecule has 0 radical (unpaired) electrons. The first-order valence-electron chi connectivity index (χ1n) is 9.03. The van der Waals surface area contributed by atoms with Gasteiger partial charge in [-0.2, -0.15) is 4.72 Å². The van der Waals surface area contributed by atoms with Crippen LogP contribution in [0.15, 0.2) is 83.8 Å². The molecule has 0 aliphatic heterocycles. The molecule has 1 atom stereocenters. The zero-order valence-corrected chi connectivity index (χ0v) is 17.4. The first-order chi connectivity index (χ1) is 13.8. The highest BCUT2D eigenvalue weighted by Gasteiger charge is 2.26. The lowest BCUT2D eigenvalue weighted by atomic mass is 10.1. The summed E-state index contributed by atoms with van der Waals surface area (Å²) in [7, 11) is -3.91. The van der Waals surface area contributed by atoms with Crippen LogP contribution in [0.2, 0.25) is 5.02 Å². The number of rotatable bonds is 7. The average Bonchev–Trinajstić information content (AvgIpc) is 2.70. The lowest BCUT2D eigenvalue weighted by Gasteiger charge is -2.19. The number of hydrogen-bond acceptors (Lipinski definition) is 3. The summed E-state index contributed by atoms with van der Waals surface area (Å²) in [5.74, 6) is -0.435. The maximum atomic E-state index is 12.9. The van der Waals surface area contributed by atoms with Crippen LogP contribution in [-0.2, 0) is 21.2 Å². The predicted molar refractivity (Wildman–Crippen MR) is 116 cm³/mol. The summed E-state index contributed by atoms with van der Waals surface area (Å²) in [6.45, 7) is 1.95. The number of halogens is 1. The van der Waals surface area contributed by atoms with Crippen molar-refractivity contribution in [1.82, 2.24) is 4.72 Å². The number of aryl methyl sites for hydroxylation is 1. The van der Waals surface area contributed by atoms with E-state index in [9.17, 15) is 13.2 Å². The molecule has 0 aliphatic rings. The van der Waals surface area contributed by atoms with E-state index in [2.05, 4.69) is 10.0 Å². The van der Waals surface area contributed by atoms with Crippen molar-refractivity contribution >= 4 is 33.2 Å². The van der Waals surface area contributed by atoms with Crippen molar-refractivity contribution in [3.05, 3.63) is 95.0 Å². The standard InChI is InChI=1S/C22H21ClN2O3S/c1-16-7-11-19(12-8-16)24-22(26)21(15-17-5-3-2-4-6-17)25-29(27,28)20-13-9-18(23)10-14-20/h2-14,21,25H,15H2,1H3,(H,24,26). The molecule has 150 valence electrons. The first kappa shape index (κ1) is 21.0. The van der Waals surface area contributed by atoms with E-state index in [4.69, 9.17) is 11.6 Å². The van der Waals surface area contributed by atoms with Crippen LogP contribution >= 0.6 is 11.6 Å². The van der Waals surface area contributed by atoms with E-state index in [0.717, 1.165) is 11.1 Å². The molecule has 29 heavy (non-hydrogen) atoms. The molecule has 0 saturated heterocycles. The SMILES string of the molecule is Cc1ccc(NC(=O)C(Cc2ccccc2)NS(=O)(=O)c2ccc(Cl)cc2)cc1. The third-order valence-electron chi connectivity index (χ3n) is 4.34. The summed E-state index contributed by atoms with van der Waals surface area (Å²) in [6, 6.07) is 21.4. The van der Waals surface area contributed by atoms with Gasteiger partial charge in [0.15, 0.2) is 0 Å². The number of nitrogens with one attached hydrogen (secondary N) is 2. The van der Waals surface area contributed by atoms with Gasteiger partial charge in [0.2, 0.25) is 15.9 Å². The van der Waals surface area contributed by atoms with Crippen molar-refractivity contribution in [2.45, 2.75) is 24.3 Å². The van der Waals surface area contributed by atoms with Gasteiger partial charge in [-0.3, -0.25) is 4.79 Å². The summed E-state index contributed by atoms with van der Waals surface area (Å²) in [6.07, 6.45) is 0.214. The third kappa shape index (κ3) is 5.90. The van der Waals surface area contributed by atoms with Gasteiger partial charge in [-0.15, -0.1) is 0 Å². The van der Waals surface area contributed by atoms with Gasteiger partial charge in [0.1, 0.15) is 6.04 Å². The first-order valence-corrected chi connectivity index (χ1v) is 10.9. The fraction of sp³-hybridized carbons (Fsp3) is 0.136. The van der Waals surface area contributed by atoms with Gasteiger partial charge in [0.05, 0.1) is 4.90 Å². The molecule has 0 heterocycles. The second kappa shape index (κ2) is 9.22. The number of carbonyl (C=O) groups is 1. The molecule has 1 amide bonds. The number of anilines is 1. The fourth-order valence-electron chi connectivity index (χ4n) is 2.77. The zero-order valence-electron chi connectivity index (χ0n) is 15.8. The minimum Gasteiger partial charge on any atom is -0.325 e. The largest absolute Gasteiger partial charge is 0.325 e. The number of sulfonamides is 1. The van der Waals surface area contributed by atoms with Gasteiger partial charge in [0, 0.05) is 10.7 Å². The predicted octanol–water partition coefficient (Wildman–Crippen LogP) is 4.18. The summed E-state index contributed by atoms with van der Waals surface area (Å²) >= 11 is 5.85. The highest BCUT2D eigenvalue weighted by atomic mass is 35.5. The zero-order chi connectivity index (χ0) is 20.9. The van der Waals surface area contributed by atoms with Crippen LogP contribution in [0.3, 0.4) is 0 Å². The van der Waals surface area contributed by atoms with E-state index >= 15 is 0 Å². The van der Waals surface area contributed by atoms with Crippen LogP contribution in [0.4, 0.5) is 5.69 Å².